The van der Waals surface area contributed by atoms with Gasteiger partial charge in [-0.05, 0) is 38.6 Å². The number of thiophene rings is 1. The lowest BCUT2D eigenvalue weighted by atomic mass is 10.1. The molecule has 5 nitrogen and oxygen atoms in total. The highest BCUT2D eigenvalue weighted by Crippen LogP contribution is 2.22. The predicted octanol–water partition coefficient (Wildman–Crippen LogP) is 2.69. The molecular formula is C17H29N3O2S. The van der Waals surface area contributed by atoms with Crippen molar-refractivity contribution >= 4 is 17.4 Å². The maximum Gasteiger partial charge on any atom is 0.318 e. The van der Waals surface area contributed by atoms with E-state index in [0.29, 0.717) is 13.1 Å². The first-order valence-corrected chi connectivity index (χ1v) is 9.23. The average Bonchev–Trinajstić information content (AvgIpc) is 2.96. The van der Waals surface area contributed by atoms with Crippen LogP contribution < -0.4 is 5.32 Å². The van der Waals surface area contributed by atoms with Gasteiger partial charge in [-0.15, -0.1) is 11.3 Å². The Morgan fingerprint density at radius 1 is 1.52 bits per heavy atom. The molecule has 1 aliphatic heterocycles. The molecular weight excluding hydrogens is 310 g/mol. The molecule has 1 saturated heterocycles. The summed E-state index contributed by atoms with van der Waals surface area (Å²) < 4.78 is 0. The van der Waals surface area contributed by atoms with Gasteiger partial charge in [0.15, 0.2) is 0 Å². The van der Waals surface area contributed by atoms with E-state index in [4.69, 9.17) is 0 Å². The number of piperazine rings is 1. The minimum Gasteiger partial charge on any atom is -0.389 e. The Kier molecular flexibility index (Phi) is 6.06. The molecule has 23 heavy (non-hydrogen) atoms. The Hall–Kier alpha value is -1.11. The van der Waals surface area contributed by atoms with Crippen molar-refractivity contribution in [2.24, 2.45) is 0 Å². The highest BCUT2D eigenvalue weighted by atomic mass is 32.1. The number of nitrogens with zero attached hydrogens (tertiary/aromatic N) is 2. The fourth-order valence-corrected chi connectivity index (χ4v) is 3.98. The molecule has 0 aromatic carbocycles. The number of β-amino-alcohol motifs (C(OH)–C–C–N with tert-alkyl or cyclic N) is 1. The highest BCUT2D eigenvalue weighted by molar-refractivity contribution is 7.10. The topological polar surface area (TPSA) is 55.8 Å². The summed E-state index contributed by atoms with van der Waals surface area (Å²) in [7, 11) is 0. The molecule has 1 aromatic heterocycles. The third kappa shape index (κ3) is 5.19. The smallest absolute Gasteiger partial charge is 0.318 e. The molecule has 0 aliphatic carbocycles. The van der Waals surface area contributed by atoms with Crippen molar-refractivity contribution in [3.05, 3.63) is 22.4 Å². The molecule has 130 valence electrons. The summed E-state index contributed by atoms with van der Waals surface area (Å²) in [5.41, 5.74) is -0.698. The summed E-state index contributed by atoms with van der Waals surface area (Å²) in [4.78, 5) is 18.0. The van der Waals surface area contributed by atoms with Crippen LogP contribution in [0, 0.1) is 0 Å². The van der Waals surface area contributed by atoms with Crippen molar-refractivity contribution in [2.45, 2.75) is 51.8 Å². The van der Waals surface area contributed by atoms with Crippen LogP contribution >= 0.6 is 11.3 Å². The van der Waals surface area contributed by atoms with E-state index < -0.39 is 5.60 Å². The molecule has 1 aromatic rings. The van der Waals surface area contributed by atoms with Crippen molar-refractivity contribution in [3.8, 4) is 0 Å². The van der Waals surface area contributed by atoms with Gasteiger partial charge in [0.1, 0.15) is 0 Å². The van der Waals surface area contributed by atoms with E-state index in [2.05, 4.69) is 30.1 Å². The summed E-state index contributed by atoms with van der Waals surface area (Å²) in [6.07, 6.45) is 0.888. The van der Waals surface area contributed by atoms with Crippen molar-refractivity contribution in [1.82, 2.24) is 15.1 Å². The first kappa shape index (κ1) is 18.2. The number of rotatable bonds is 5. The fraction of sp³-hybridized carbons (Fsp3) is 0.706. The quantitative estimate of drug-likeness (QED) is 0.867. The number of amides is 2. The molecule has 6 heteroatoms. The Morgan fingerprint density at radius 3 is 2.78 bits per heavy atom. The van der Waals surface area contributed by atoms with E-state index in [1.165, 1.54) is 4.88 Å². The number of hydrogen-bond donors (Lipinski definition) is 2. The number of nitrogens with one attached hydrogen (secondary N) is 1. The number of urea groups is 1. The van der Waals surface area contributed by atoms with Gasteiger partial charge in [0.2, 0.25) is 0 Å². The largest absolute Gasteiger partial charge is 0.389 e. The molecule has 1 aliphatic rings. The minimum absolute atomic E-state index is 0.0145. The summed E-state index contributed by atoms with van der Waals surface area (Å²) in [6.45, 7) is 10.7. The summed E-state index contributed by atoms with van der Waals surface area (Å²) in [6, 6.07) is 4.34. The van der Waals surface area contributed by atoms with Gasteiger partial charge in [-0.1, -0.05) is 13.0 Å². The van der Waals surface area contributed by atoms with Crippen LogP contribution in [0.25, 0.3) is 0 Å². The fourth-order valence-electron chi connectivity index (χ4n) is 3.12. The van der Waals surface area contributed by atoms with Crippen molar-refractivity contribution in [2.75, 3.05) is 26.2 Å². The standard InChI is InChI=1S/C17H29N3O2S/c1-5-14(15-7-6-10-23-15)18-16(21)20-9-8-19(11-13(20)2)12-17(3,4)22/h6-7,10,13-14,22H,5,8-9,11-12H2,1-4H3,(H,18,21)/t13-,14+/m0/s1. The van der Waals surface area contributed by atoms with Crippen LogP contribution in [-0.2, 0) is 0 Å². The van der Waals surface area contributed by atoms with E-state index in [-0.39, 0.29) is 18.1 Å². The van der Waals surface area contributed by atoms with Gasteiger partial charge in [0.25, 0.3) is 0 Å². The monoisotopic (exact) mass is 339 g/mol. The Labute approximate surface area is 143 Å². The average molecular weight is 340 g/mol. The van der Waals surface area contributed by atoms with Crippen LogP contribution in [0.5, 0.6) is 0 Å². The molecule has 0 radical (unpaired) electrons. The molecule has 2 N–H and O–H groups in total. The van der Waals surface area contributed by atoms with Gasteiger partial charge >= 0.3 is 6.03 Å². The van der Waals surface area contributed by atoms with Gasteiger partial charge in [-0.25, -0.2) is 4.79 Å². The number of aliphatic hydroxyl groups is 1. The van der Waals surface area contributed by atoms with Gasteiger partial charge in [-0.3, -0.25) is 4.90 Å². The van der Waals surface area contributed by atoms with Gasteiger partial charge in [0.05, 0.1) is 11.6 Å². The summed E-state index contributed by atoms with van der Waals surface area (Å²) in [5.74, 6) is 0. The lowest BCUT2D eigenvalue weighted by Crippen LogP contribution is -2.58. The predicted molar refractivity (Wildman–Crippen MR) is 94.8 cm³/mol. The van der Waals surface area contributed by atoms with Crippen LogP contribution in [0.15, 0.2) is 17.5 Å². The van der Waals surface area contributed by atoms with Crippen LogP contribution in [0.4, 0.5) is 4.79 Å². The van der Waals surface area contributed by atoms with Crippen LogP contribution in [0.2, 0.25) is 0 Å². The molecule has 0 spiro atoms. The Morgan fingerprint density at radius 2 is 2.26 bits per heavy atom. The zero-order valence-corrected chi connectivity index (χ0v) is 15.4. The van der Waals surface area contributed by atoms with Gasteiger partial charge in [-0.2, -0.15) is 0 Å². The molecule has 2 rings (SSSR count). The lowest BCUT2D eigenvalue weighted by Gasteiger charge is -2.41. The normalized spacial score (nSPS) is 21.3. The maximum absolute atomic E-state index is 12.6. The second-order valence-corrected chi connectivity index (χ2v) is 7.99. The molecule has 1 fully saturated rings. The van der Waals surface area contributed by atoms with E-state index >= 15 is 0 Å². The molecule has 0 saturated carbocycles. The van der Waals surface area contributed by atoms with Gasteiger partial charge in [0, 0.05) is 37.1 Å². The van der Waals surface area contributed by atoms with Crippen molar-refractivity contribution < 1.29 is 9.90 Å². The number of carbonyl (C=O) groups excluding carboxylic acids is 1. The molecule has 2 amide bonds. The summed E-state index contributed by atoms with van der Waals surface area (Å²) in [5, 5.41) is 15.2. The van der Waals surface area contributed by atoms with Crippen LogP contribution in [-0.4, -0.2) is 58.8 Å². The first-order chi connectivity index (χ1) is 10.8. The van der Waals surface area contributed by atoms with E-state index in [1.54, 1.807) is 11.3 Å². The summed E-state index contributed by atoms with van der Waals surface area (Å²) >= 11 is 1.68. The first-order valence-electron chi connectivity index (χ1n) is 8.35. The number of hydrogen-bond acceptors (Lipinski definition) is 4. The van der Waals surface area contributed by atoms with E-state index in [0.717, 1.165) is 19.5 Å². The second kappa shape index (κ2) is 7.64. The lowest BCUT2D eigenvalue weighted by molar-refractivity contribution is 0.0117. The molecule has 2 heterocycles. The Balaban J connectivity index is 1.91. The third-order valence-corrected chi connectivity index (χ3v) is 5.16. The van der Waals surface area contributed by atoms with Crippen molar-refractivity contribution in [1.29, 1.82) is 0 Å². The second-order valence-electron chi connectivity index (χ2n) is 7.02. The van der Waals surface area contributed by atoms with E-state index in [9.17, 15) is 9.90 Å². The third-order valence-electron chi connectivity index (χ3n) is 4.18. The minimum atomic E-state index is -0.698. The molecule has 2 atom stereocenters. The van der Waals surface area contributed by atoms with Crippen LogP contribution in [0.3, 0.4) is 0 Å². The van der Waals surface area contributed by atoms with Crippen LogP contribution in [0.1, 0.15) is 45.0 Å². The van der Waals surface area contributed by atoms with E-state index in [1.807, 2.05) is 30.2 Å². The number of carbonyl (C=O) groups is 1. The molecule has 0 unspecified atom stereocenters. The Bertz CT molecular complexity index is 498. The highest BCUT2D eigenvalue weighted by Gasteiger charge is 2.30. The SMILES string of the molecule is CC[C@@H](NC(=O)N1CCN(CC(C)(C)O)C[C@@H]1C)c1cccs1. The molecule has 0 bridgehead atoms. The van der Waals surface area contributed by atoms with Crippen molar-refractivity contribution in [3.63, 3.8) is 0 Å². The zero-order valence-electron chi connectivity index (χ0n) is 14.6. The zero-order chi connectivity index (χ0) is 17.0. The maximum atomic E-state index is 12.6. The van der Waals surface area contributed by atoms with Gasteiger partial charge < -0.3 is 15.3 Å².